The van der Waals surface area contributed by atoms with E-state index in [2.05, 4.69) is 10.7 Å². The number of methoxy groups -OCH3 is 2. The van der Waals surface area contributed by atoms with E-state index >= 15 is 0 Å². The van der Waals surface area contributed by atoms with Crippen LogP contribution in [0.4, 0.5) is 0 Å². The van der Waals surface area contributed by atoms with Crippen LogP contribution < -0.4 is 0 Å². The lowest BCUT2D eigenvalue weighted by Gasteiger charge is -2.15. The second-order valence-electron chi connectivity index (χ2n) is 4.05. The van der Waals surface area contributed by atoms with Crippen LogP contribution in [0.15, 0.2) is 18.2 Å². The van der Waals surface area contributed by atoms with E-state index in [1.165, 1.54) is 14.2 Å². The van der Waals surface area contributed by atoms with Crippen molar-refractivity contribution in [2.75, 3.05) is 14.2 Å². The van der Waals surface area contributed by atoms with Crippen LogP contribution in [0.1, 0.15) is 33.8 Å². The Hall–Kier alpha value is -2.28. The molecule has 4 heteroatoms. The van der Waals surface area contributed by atoms with Crippen molar-refractivity contribution in [3.63, 3.8) is 0 Å². The molecule has 1 rings (SSSR count). The van der Waals surface area contributed by atoms with Gasteiger partial charge in [0.15, 0.2) is 0 Å². The van der Waals surface area contributed by atoms with E-state index in [0.717, 1.165) is 11.1 Å². The van der Waals surface area contributed by atoms with Crippen LogP contribution in [0.5, 0.6) is 0 Å². The average molecular weight is 260 g/mol. The van der Waals surface area contributed by atoms with Gasteiger partial charge in [0.1, 0.15) is 0 Å². The molecule has 0 amide bonds. The minimum Gasteiger partial charge on any atom is -0.469 e. The summed E-state index contributed by atoms with van der Waals surface area (Å²) in [7, 11) is 2.64. The molecule has 1 aromatic carbocycles. The number of benzene rings is 1. The van der Waals surface area contributed by atoms with Crippen molar-refractivity contribution in [1.29, 1.82) is 0 Å². The van der Waals surface area contributed by atoms with Gasteiger partial charge in [-0.25, -0.2) is 4.79 Å². The standard InChI is InChI=1S/C15H16O4/c1-5-6-13(15(17)19-4)12-8-7-11(9-10(12)2)14(16)18-3/h1,7-9,13H,6H2,2-4H3. The van der Waals surface area contributed by atoms with Crippen LogP contribution in [0, 0.1) is 19.3 Å². The van der Waals surface area contributed by atoms with E-state index in [1.807, 2.05) is 6.92 Å². The van der Waals surface area contributed by atoms with Gasteiger partial charge in [-0.15, -0.1) is 12.3 Å². The SMILES string of the molecule is C#CCC(C(=O)OC)c1ccc(C(=O)OC)cc1C. The molecule has 19 heavy (non-hydrogen) atoms. The topological polar surface area (TPSA) is 52.6 Å². The van der Waals surface area contributed by atoms with E-state index in [-0.39, 0.29) is 12.4 Å². The summed E-state index contributed by atoms with van der Waals surface area (Å²) in [6.07, 6.45) is 5.53. The van der Waals surface area contributed by atoms with Gasteiger partial charge < -0.3 is 9.47 Å². The number of carbonyl (C=O) groups excluding carboxylic acids is 2. The zero-order valence-electron chi connectivity index (χ0n) is 11.2. The second kappa shape index (κ2) is 6.60. The lowest BCUT2D eigenvalue weighted by molar-refractivity contribution is -0.142. The number of terminal acetylenes is 1. The first kappa shape index (κ1) is 14.8. The lowest BCUT2D eigenvalue weighted by atomic mass is 9.91. The number of hydrogen-bond donors (Lipinski definition) is 0. The zero-order valence-corrected chi connectivity index (χ0v) is 11.2. The van der Waals surface area contributed by atoms with Gasteiger partial charge >= 0.3 is 11.9 Å². The number of carbonyl (C=O) groups is 2. The van der Waals surface area contributed by atoms with E-state index in [4.69, 9.17) is 11.2 Å². The first-order chi connectivity index (χ1) is 9.04. The largest absolute Gasteiger partial charge is 0.469 e. The van der Waals surface area contributed by atoms with Gasteiger partial charge in [-0.05, 0) is 30.2 Å². The van der Waals surface area contributed by atoms with Gasteiger partial charge in [-0.3, -0.25) is 4.79 Å². The Morgan fingerprint density at radius 3 is 2.47 bits per heavy atom. The maximum absolute atomic E-state index is 11.7. The van der Waals surface area contributed by atoms with Gasteiger partial charge in [-0.2, -0.15) is 0 Å². The molecule has 100 valence electrons. The van der Waals surface area contributed by atoms with Crippen molar-refractivity contribution in [3.8, 4) is 12.3 Å². The first-order valence-electron chi connectivity index (χ1n) is 5.75. The van der Waals surface area contributed by atoms with Crippen LogP contribution in [-0.2, 0) is 14.3 Å². The third kappa shape index (κ3) is 3.35. The van der Waals surface area contributed by atoms with Gasteiger partial charge in [0.25, 0.3) is 0 Å². The number of esters is 2. The van der Waals surface area contributed by atoms with Crippen LogP contribution in [0.25, 0.3) is 0 Å². The summed E-state index contributed by atoms with van der Waals surface area (Å²) < 4.78 is 9.39. The van der Waals surface area contributed by atoms with Crippen molar-refractivity contribution in [3.05, 3.63) is 34.9 Å². The van der Waals surface area contributed by atoms with Gasteiger partial charge in [-0.1, -0.05) is 6.07 Å². The molecule has 0 saturated carbocycles. The number of ether oxygens (including phenoxy) is 2. The molecule has 1 unspecified atom stereocenters. The Morgan fingerprint density at radius 1 is 1.32 bits per heavy atom. The van der Waals surface area contributed by atoms with Crippen molar-refractivity contribution >= 4 is 11.9 Å². The monoisotopic (exact) mass is 260 g/mol. The minimum absolute atomic E-state index is 0.255. The second-order valence-corrected chi connectivity index (χ2v) is 4.05. The fraction of sp³-hybridized carbons (Fsp3) is 0.333. The molecule has 0 bridgehead atoms. The number of rotatable bonds is 4. The average Bonchev–Trinajstić information content (AvgIpc) is 2.43. The van der Waals surface area contributed by atoms with Gasteiger partial charge in [0, 0.05) is 6.42 Å². The maximum atomic E-state index is 11.7. The Kier molecular flexibility index (Phi) is 5.13. The molecule has 0 radical (unpaired) electrons. The fourth-order valence-electron chi connectivity index (χ4n) is 1.89. The molecule has 1 atom stereocenters. The van der Waals surface area contributed by atoms with Crippen LogP contribution in [0.2, 0.25) is 0 Å². The van der Waals surface area contributed by atoms with Gasteiger partial charge in [0.05, 0.1) is 25.7 Å². The molecule has 0 aromatic heterocycles. The fourth-order valence-corrected chi connectivity index (χ4v) is 1.89. The minimum atomic E-state index is -0.512. The summed E-state index contributed by atoms with van der Waals surface area (Å²) in [6.45, 7) is 1.81. The molecule has 0 aliphatic rings. The third-order valence-corrected chi connectivity index (χ3v) is 2.87. The molecular formula is C15H16O4. The summed E-state index contributed by atoms with van der Waals surface area (Å²) in [5.41, 5.74) is 2.00. The van der Waals surface area contributed by atoms with Crippen LogP contribution in [-0.4, -0.2) is 26.2 Å². The number of hydrogen-bond acceptors (Lipinski definition) is 4. The first-order valence-corrected chi connectivity index (χ1v) is 5.75. The Bertz CT molecular complexity index is 525. The van der Waals surface area contributed by atoms with E-state index in [9.17, 15) is 9.59 Å². The summed E-state index contributed by atoms with van der Waals surface area (Å²) in [6, 6.07) is 4.99. The zero-order chi connectivity index (χ0) is 14.4. The number of aryl methyl sites for hydroxylation is 1. The molecular weight excluding hydrogens is 244 g/mol. The highest BCUT2D eigenvalue weighted by atomic mass is 16.5. The molecule has 0 aliphatic heterocycles. The van der Waals surface area contributed by atoms with E-state index in [0.29, 0.717) is 5.56 Å². The Labute approximate surface area is 112 Å². The molecule has 0 aliphatic carbocycles. The summed E-state index contributed by atoms with van der Waals surface area (Å²) in [5, 5.41) is 0. The normalized spacial score (nSPS) is 11.3. The Balaban J connectivity index is 3.16. The van der Waals surface area contributed by atoms with Crippen LogP contribution >= 0.6 is 0 Å². The molecule has 4 nitrogen and oxygen atoms in total. The van der Waals surface area contributed by atoms with Crippen LogP contribution in [0.3, 0.4) is 0 Å². The highest BCUT2D eigenvalue weighted by Gasteiger charge is 2.22. The smallest absolute Gasteiger partial charge is 0.337 e. The van der Waals surface area contributed by atoms with E-state index in [1.54, 1.807) is 18.2 Å². The summed E-state index contributed by atoms with van der Waals surface area (Å²) >= 11 is 0. The molecule has 0 spiro atoms. The lowest BCUT2D eigenvalue weighted by Crippen LogP contribution is -2.15. The van der Waals surface area contributed by atoms with E-state index < -0.39 is 11.9 Å². The molecule has 0 heterocycles. The van der Waals surface area contributed by atoms with Crippen molar-refractivity contribution in [1.82, 2.24) is 0 Å². The Morgan fingerprint density at radius 2 is 2.00 bits per heavy atom. The maximum Gasteiger partial charge on any atom is 0.337 e. The van der Waals surface area contributed by atoms with Crippen molar-refractivity contribution in [2.24, 2.45) is 0 Å². The highest BCUT2D eigenvalue weighted by Crippen LogP contribution is 2.25. The predicted molar refractivity (Wildman–Crippen MR) is 70.7 cm³/mol. The van der Waals surface area contributed by atoms with Crippen molar-refractivity contribution in [2.45, 2.75) is 19.3 Å². The third-order valence-electron chi connectivity index (χ3n) is 2.87. The molecule has 1 aromatic rings. The predicted octanol–water partition coefficient (Wildman–Crippen LogP) is 2.06. The molecule has 0 fully saturated rings. The quantitative estimate of drug-likeness (QED) is 0.614. The summed E-state index contributed by atoms with van der Waals surface area (Å²) in [4.78, 5) is 23.1. The molecule has 0 N–H and O–H groups in total. The van der Waals surface area contributed by atoms with Gasteiger partial charge in [0.2, 0.25) is 0 Å². The van der Waals surface area contributed by atoms with Crippen molar-refractivity contribution < 1.29 is 19.1 Å². The highest BCUT2D eigenvalue weighted by molar-refractivity contribution is 5.90. The molecule has 0 saturated heterocycles. The summed E-state index contributed by atoms with van der Waals surface area (Å²) in [5.74, 6) is 1.15.